The van der Waals surface area contributed by atoms with E-state index in [0.717, 1.165) is 18.9 Å². The number of hydrogen-bond acceptors (Lipinski definition) is 9. The molecule has 0 saturated carbocycles. The smallest absolute Gasteiger partial charge is 0.361 e. The SMILES string of the molecule is COC(=O)c1nnn(CC(=O)Nc2ccc3c(c2)OCCO3)c1C(=O)OC. The lowest BCUT2D eigenvalue weighted by molar-refractivity contribution is -0.116. The molecule has 0 fully saturated rings. The number of aromatic nitrogens is 3. The first-order chi connectivity index (χ1) is 13.0. The van der Waals surface area contributed by atoms with Crippen LogP contribution in [0.2, 0.25) is 0 Å². The summed E-state index contributed by atoms with van der Waals surface area (Å²) in [4.78, 5) is 36.0. The second kappa shape index (κ2) is 7.72. The van der Waals surface area contributed by atoms with Gasteiger partial charge in [-0.15, -0.1) is 5.10 Å². The quantitative estimate of drug-likeness (QED) is 0.730. The largest absolute Gasteiger partial charge is 0.486 e. The summed E-state index contributed by atoms with van der Waals surface area (Å²) in [5.41, 5.74) is -0.143. The Bertz CT molecular complexity index is 893. The van der Waals surface area contributed by atoms with Crippen molar-refractivity contribution in [2.24, 2.45) is 0 Å². The van der Waals surface area contributed by atoms with Gasteiger partial charge in [0.1, 0.15) is 19.8 Å². The minimum atomic E-state index is -0.868. The highest BCUT2D eigenvalue weighted by atomic mass is 16.6. The van der Waals surface area contributed by atoms with Crippen LogP contribution >= 0.6 is 0 Å². The predicted octanol–water partition coefficient (Wildman–Crippen LogP) is 0.261. The number of nitrogens with zero attached hydrogens (tertiary/aromatic N) is 3. The van der Waals surface area contributed by atoms with Gasteiger partial charge in [0, 0.05) is 11.8 Å². The van der Waals surface area contributed by atoms with Crippen molar-refractivity contribution in [1.82, 2.24) is 15.0 Å². The Morgan fingerprint density at radius 1 is 1.11 bits per heavy atom. The van der Waals surface area contributed by atoms with E-state index in [9.17, 15) is 14.4 Å². The Morgan fingerprint density at radius 2 is 1.81 bits per heavy atom. The topological polar surface area (TPSA) is 131 Å². The number of esters is 2. The van der Waals surface area contributed by atoms with E-state index in [0.29, 0.717) is 30.4 Å². The molecule has 1 N–H and O–H groups in total. The monoisotopic (exact) mass is 376 g/mol. The Labute approximate surface area is 153 Å². The van der Waals surface area contributed by atoms with Crippen molar-refractivity contribution in [3.05, 3.63) is 29.6 Å². The molecule has 0 spiro atoms. The molecule has 11 heteroatoms. The van der Waals surface area contributed by atoms with Crippen molar-refractivity contribution >= 4 is 23.5 Å². The van der Waals surface area contributed by atoms with E-state index in [1.165, 1.54) is 0 Å². The minimum absolute atomic E-state index is 0.276. The summed E-state index contributed by atoms with van der Waals surface area (Å²) in [5, 5.41) is 9.91. The average molecular weight is 376 g/mol. The highest BCUT2D eigenvalue weighted by molar-refractivity contribution is 6.01. The first-order valence-electron chi connectivity index (χ1n) is 7.83. The van der Waals surface area contributed by atoms with Gasteiger partial charge in [-0.25, -0.2) is 14.3 Å². The molecule has 0 bridgehead atoms. The van der Waals surface area contributed by atoms with Gasteiger partial charge in [0.15, 0.2) is 17.2 Å². The first-order valence-corrected chi connectivity index (χ1v) is 7.83. The summed E-state index contributed by atoms with van der Waals surface area (Å²) >= 11 is 0. The predicted molar refractivity (Wildman–Crippen MR) is 88.8 cm³/mol. The lowest BCUT2D eigenvalue weighted by Gasteiger charge is -2.19. The number of carbonyl (C=O) groups excluding carboxylic acids is 3. The Balaban J connectivity index is 1.77. The van der Waals surface area contributed by atoms with Crippen LogP contribution in [0.4, 0.5) is 5.69 Å². The Morgan fingerprint density at radius 3 is 2.52 bits per heavy atom. The summed E-state index contributed by atoms with van der Waals surface area (Å²) in [6, 6.07) is 4.94. The molecule has 11 nitrogen and oxygen atoms in total. The van der Waals surface area contributed by atoms with Crippen molar-refractivity contribution in [3.8, 4) is 11.5 Å². The molecule has 1 aliphatic heterocycles. The van der Waals surface area contributed by atoms with Crippen LogP contribution in [0, 0.1) is 0 Å². The van der Waals surface area contributed by atoms with Crippen molar-refractivity contribution in [1.29, 1.82) is 0 Å². The third-order valence-corrected chi connectivity index (χ3v) is 3.61. The Hall–Kier alpha value is -3.63. The van der Waals surface area contributed by atoms with Crippen molar-refractivity contribution in [3.63, 3.8) is 0 Å². The summed E-state index contributed by atoms with van der Waals surface area (Å²) in [5.74, 6) is -1.13. The highest BCUT2D eigenvalue weighted by Gasteiger charge is 2.27. The third-order valence-electron chi connectivity index (χ3n) is 3.61. The van der Waals surface area contributed by atoms with Crippen LogP contribution in [0.5, 0.6) is 11.5 Å². The van der Waals surface area contributed by atoms with E-state index >= 15 is 0 Å². The van der Waals surface area contributed by atoms with Gasteiger partial charge in [0.25, 0.3) is 0 Å². The van der Waals surface area contributed by atoms with Crippen LogP contribution in [0.1, 0.15) is 21.0 Å². The summed E-state index contributed by atoms with van der Waals surface area (Å²) in [6.07, 6.45) is 0. The number of ether oxygens (including phenoxy) is 4. The van der Waals surface area contributed by atoms with E-state index < -0.39 is 17.8 Å². The normalized spacial score (nSPS) is 12.2. The fraction of sp³-hybridized carbons (Fsp3) is 0.312. The fourth-order valence-electron chi connectivity index (χ4n) is 2.41. The van der Waals surface area contributed by atoms with E-state index in [2.05, 4.69) is 25.1 Å². The summed E-state index contributed by atoms with van der Waals surface area (Å²) < 4.78 is 21.0. The zero-order valence-electron chi connectivity index (χ0n) is 14.6. The van der Waals surface area contributed by atoms with Gasteiger partial charge in [-0.2, -0.15) is 0 Å². The molecule has 0 unspecified atom stereocenters. The zero-order chi connectivity index (χ0) is 19.4. The molecule has 142 valence electrons. The number of nitrogens with one attached hydrogen (secondary N) is 1. The van der Waals surface area contributed by atoms with E-state index in [-0.39, 0.29) is 17.9 Å². The van der Waals surface area contributed by atoms with Gasteiger partial charge in [0.05, 0.1) is 14.2 Å². The van der Waals surface area contributed by atoms with Gasteiger partial charge in [0.2, 0.25) is 11.6 Å². The first kappa shape index (κ1) is 18.2. The Kier molecular flexibility index (Phi) is 5.20. The van der Waals surface area contributed by atoms with E-state index in [4.69, 9.17) is 9.47 Å². The summed E-state index contributed by atoms with van der Waals surface area (Å²) in [6.45, 7) is 0.509. The second-order valence-electron chi connectivity index (χ2n) is 5.33. The number of amides is 1. The maximum atomic E-state index is 12.3. The molecule has 3 rings (SSSR count). The molecule has 0 saturated heterocycles. The maximum Gasteiger partial charge on any atom is 0.361 e. The molecule has 2 aromatic rings. The van der Waals surface area contributed by atoms with Gasteiger partial charge < -0.3 is 24.3 Å². The number of rotatable bonds is 5. The van der Waals surface area contributed by atoms with Crippen LogP contribution in [-0.4, -0.2) is 60.3 Å². The van der Waals surface area contributed by atoms with Crippen LogP contribution in [0.15, 0.2) is 18.2 Å². The zero-order valence-corrected chi connectivity index (χ0v) is 14.6. The summed E-state index contributed by atoms with van der Waals surface area (Å²) in [7, 11) is 2.27. The lowest BCUT2D eigenvalue weighted by Crippen LogP contribution is -2.24. The van der Waals surface area contributed by atoms with Gasteiger partial charge >= 0.3 is 11.9 Å². The lowest BCUT2D eigenvalue weighted by atomic mass is 10.2. The van der Waals surface area contributed by atoms with Gasteiger partial charge in [-0.3, -0.25) is 4.79 Å². The molecule has 0 radical (unpaired) electrons. The second-order valence-corrected chi connectivity index (χ2v) is 5.33. The van der Waals surface area contributed by atoms with Crippen molar-refractivity contribution in [2.75, 3.05) is 32.8 Å². The minimum Gasteiger partial charge on any atom is -0.486 e. The molecular weight excluding hydrogens is 360 g/mol. The average Bonchev–Trinajstić information content (AvgIpc) is 3.09. The molecule has 0 atom stereocenters. The molecule has 2 heterocycles. The number of methoxy groups -OCH3 is 2. The van der Waals surface area contributed by atoms with Crippen LogP contribution in [0.25, 0.3) is 0 Å². The third kappa shape index (κ3) is 3.81. The highest BCUT2D eigenvalue weighted by Crippen LogP contribution is 2.32. The van der Waals surface area contributed by atoms with Crippen LogP contribution < -0.4 is 14.8 Å². The molecule has 1 aromatic heterocycles. The molecule has 1 aromatic carbocycles. The van der Waals surface area contributed by atoms with Gasteiger partial charge in [-0.1, -0.05) is 5.21 Å². The maximum absolute atomic E-state index is 12.3. The number of anilines is 1. The number of hydrogen-bond donors (Lipinski definition) is 1. The standard InChI is InChI=1S/C16H16N4O7/c1-24-15(22)13-14(16(23)25-2)20(19-18-13)8-12(21)17-9-3-4-10-11(7-9)27-6-5-26-10/h3-4,7H,5-6,8H2,1-2H3,(H,17,21). The van der Waals surface area contributed by atoms with Crippen molar-refractivity contribution in [2.45, 2.75) is 6.54 Å². The molecule has 1 aliphatic rings. The fourth-order valence-corrected chi connectivity index (χ4v) is 2.41. The van der Waals surface area contributed by atoms with E-state index in [1.54, 1.807) is 18.2 Å². The van der Waals surface area contributed by atoms with Crippen molar-refractivity contribution < 1.29 is 33.3 Å². The molecule has 0 aliphatic carbocycles. The van der Waals surface area contributed by atoms with Crippen LogP contribution in [0.3, 0.4) is 0 Å². The van der Waals surface area contributed by atoms with E-state index in [1.807, 2.05) is 0 Å². The van der Waals surface area contributed by atoms with Gasteiger partial charge in [-0.05, 0) is 12.1 Å². The molecular formula is C16H16N4O7. The molecule has 1 amide bonds. The van der Waals surface area contributed by atoms with Crippen LogP contribution in [-0.2, 0) is 20.8 Å². The number of benzene rings is 1. The number of fused-ring (bicyclic) bond motifs is 1. The molecule has 27 heavy (non-hydrogen) atoms. The number of carbonyl (C=O) groups is 3.